The van der Waals surface area contributed by atoms with E-state index in [1.54, 1.807) is 25.1 Å². The van der Waals surface area contributed by atoms with Crippen molar-refractivity contribution in [2.75, 3.05) is 18.5 Å². The van der Waals surface area contributed by atoms with Gasteiger partial charge in [-0.15, -0.1) is 10.2 Å². The fourth-order valence-electron chi connectivity index (χ4n) is 2.71. The van der Waals surface area contributed by atoms with Gasteiger partial charge in [-0.05, 0) is 25.6 Å². The summed E-state index contributed by atoms with van der Waals surface area (Å²) in [7, 11) is 1.83. The van der Waals surface area contributed by atoms with Crippen molar-refractivity contribution in [3.63, 3.8) is 0 Å². The van der Waals surface area contributed by atoms with Gasteiger partial charge in [-0.2, -0.15) is 0 Å². The third kappa shape index (κ3) is 2.71. The Morgan fingerprint density at radius 3 is 2.86 bits per heavy atom. The molecule has 1 aromatic heterocycles. The van der Waals surface area contributed by atoms with Crippen LogP contribution in [0.1, 0.15) is 18.2 Å². The summed E-state index contributed by atoms with van der Waals surface area (Å²) in [5.74, 6) is 0.474. The van der Waals surface area contributed by atoms with Crippen molar-refractivity contribution in [3.8, 4) is 0 Å². The molecule has 0 saturated carbocycles. The largest absolute Gasteiger partial charge is 0.424 e. The smallest absolute Gasteiger partial charge is 0.244 e. The van der Waals surface area contributed by atoms with E-state index in [2.05, 4.69) is 10.2 Å². The molecule has 1 fully saturated rings. The lowest BCUT2D eigenvalue weighted by molar-refractivity contribution is -0.121. The van der Waals surface area contributed by atoms with Gasteiger partial charge in [-0.25, -0.2) is 4.39 Å². The van der Waals surface area contributed by atoms with Gasteiger partial charge in [0.05, 0.1) is 18.3 Å². The second-order valence-electron chi connectivity index (χ2n) is 5.38. The van der Waals surface area contributed by atoms with E-state index in [0.29, 0.717) is 37.0 Å². The Bertz CT molecular complexity index is 688. The number of amides is 1. The highest BCUT2D eigenvalue weighted by Gasteiger charge is 2.36. The van der Waals surface area contributed by atoms with Crippen molar-refractivity contribution in [2.45, 2.75) is 25.9 Å². The lowest BCUT2D eigenvalue weighted by Gasteiger charge is -2.22. The van der Waals surface area contributed by atoms with Crippen molar-refractivity contribution < 1.29 is 13.6 Å². The summed E-state index contributed by atoms with van der Waals surface area (Å²) in [5, 5.41) is 7.70. The van der Waals surface area contributed by atoms with E-state index < -0.39 is 0 Å². The van der Waals surface area contributed by atoms with Crippen LogP contribution in [0.4, 0.5) is 10.1 Å². The van der Waals surface area contributed by atoms with Gasteiger partial charge in [-0.3, -0.25) is 9.69 Å². The maximum absolute atomic E-state index is 13.9. The molecule has 6 nitrogen and oxygen atoms in total. The maximum Gasteiger partial charge on any atom is 0.244 e. The van der Waals surface area contributed by atoms with Crippen molar-refractivity contribution in [1.29, 1.82) is 0 Å². The molecule has 0 bridgehead atoms. The molecule has 0 spiro atoms. The van der Waals surface area contributed by atoms with Gasteiger partial charge in [0.15, 0.2) is 0 Å². The number of para-hydroxylation sites is 1. The zero-order valence-electron chi connectivity index (χ0n) is 12.5. The van der Waals surface area contributed by atoms with Crippen molar-refractivity contribution >= 4 is 11.6 Å². The summed E-state index contributed by atoms with van der Waals surface area (Å²) in [6.07, 6.45) is 0.636. The van der Waals surface area contributed by atoms with Crippen molar-refractivity contribution in [2.24, 2.45) is 0 Å². The molecule has 0 aliphatic carbocycles. The quantitative estimate of drug-likeness (QED) is 0.861. The molecule has 1 aliphatic heterocycles. The molecule has 7 heteroatoms. The predicted octanol–water partition coefficient (Wildman–Crippen LogP) is 1.75. The maximum atomic E-state index is 13.9. The average Bonchev–Trinajstić information content (AvgIpc) is 3.06. The van der Waals surface area contributed by atoms with E-state index in [0.717, 1.165) is 0 Å². The van der Waals surface area contributed by atoms with Gasteiger partial charge in [-0.1, -0.05) is 12.1 Å². The van der Waals surface area contributed by atoms with Gasteiger partial charge < -0.3 is 9.32 Å². The molecule has 1 aromatic carbocycles. The highest BCUT2D eigenvalue weighted by molar-refractivity contribution is 5.99. The highest BCUT2D eigenvalue weighted by Crippen LogP contribution is 2.26. The van der Waals surface area contributed by atoms with E-state index in [1.165, 1.54) is 11.0 Å². The monoisotopic (exact) mass is 304 g/mol. The average molecular weight is 304 g/mol. The third-order valence-electron chi connectivity index (χ3n) is 3.81. The molecule has 22 heavy (non-hydrogen) atoms. The first-order chi connectivity index (χ1) is 10.6. The fourth-order valence-corrected chi connectivity index (χ4v) is 2.71. The normalized spacial score (nSPS) is 18.5. The molecule has 2 aromatic rings. The van der Waals surface area contributed by atoms with Crippen molar-refractivity contribution in [3.05, 3.63) is 41.9 Å². The zero-order valence-corrected chi connectivity index (χ0v) is 12.5. The van der Waals surface area contributed by atoms with Gasteiger partial charge in [0, 0.05) is 13.5 Å². The number of rotatable bonds is 4. The van der Waals surface area contributed by atoms with Crippen LogP contribution < -0.4 is 4.90 Å². The molecule has 2 heterocycles. The summed E-state index contributed by atoms with van der Waals surface area (Å²) in [5.41, 5.74) is 0.331. The fraction of sp³-hybridized carbons (Fsp3) is 0.400. The minimum absolute atomic E-state index is 0.108. The number of nitrogens with zero attached hydrogens (tertiary/aromatic N) is 4. The van der Waals surface area contributed by atoms with E-state index in [1.807, 2.05) is 11.9 Å². The van der Waals surface area contributed by atoms with Crippen LogP contribution in [0.2, 0.25) is 0 Å². The summed E-state index contributed by atoms with van der Waals surface area (Å²) >= 11 is 0. The standard InChI is InChI=1S/C15H17FN4O2/c1-10-17-18-14(22-10)9-19(2)13-7-8-20(15(13)21)12-6-4-3-5-11(12)16/h3-6,13H,7-9H2,1-2H3/t13-/m0/s1. The molecule has 1 amide bonds. The second kappa shape index (κ2) is 5.84. The van der Waals surface area contributed by atoms with E-state index in [-0.39, 0.29) is 17.8 Å². The first kappa shape index (κ1) is 14.6. The molecular weight excluding hydrogens is 287 g/mol. The number of carbonyl (C=O) groups is 1. The first-order valence-corrected chi connectivity index (χ1v) is 7.11. The summed E-state index contributed by atoms with van der Waals surface area (Å²) in [6.45, 7) is 2.61. The molecule has 1 atom stereocenters. The Hall–Kier alpha value is -2.28. The summed E-state index contributed by atoms with van der Waals surface area (Å²) < 4.78 is 19.2. The van der Waals surface area contributed by atoms with Crippen LogP contribution in [0, 0.1) is 12.7 Å². The van der Waals surface area contributed by atoms with Gasteiger partial charge >= 0.3 is 0 Å². The summed E-state index contributed by atoms with van der Waals surface area (Å²) in [4.78, 5) is 15.9. The van der Waals surface area contributed by atoms with Gasteiger partial charge in [0.2, 0.25) is 17.7 Å². The van der Waals surface area contributed by atoms with E-state index in [9.17, 15) is 9.18 Å². The lowest BCUT2D eigenvalue weighted by atomic mass is 10.2. The number of hydrogen-bond acceptors (Lipinski definition) is 5. The number of likely N-dealkylation sites (N-methyl/N-ethyl adjacent to an activating group) is 1. The van der Waals surface area contributed by atoms with Crippen LogP contribution in [0.3, 0.4) is 0 Å². The molecule has 1 aliphatic rings. The minimum Gasteiger partial charge on any atom is -0.424 e. The molecular formula is C15H17FN4O2. The number of benzene rings is 1. The minimum atomic E-state index is -0.383. The molecule has 1 saturated heterocycles. The molecule has 3 rings (SSSR count). The van der Waals surface area contributed by atoms with Crippen LogP contribution in [-0.2, 0) is 11.3 Å². The van der Waals surface area contributed by atoms with Crippen LogP contribution >= 0.6 is 0 Å². The Morgan fingerprint density at radius 1 is 1.41 bits per heavy atom. The SMILES string of the molecule is Cc1nnc(CN(C)[C@H]2CCN(c3ccccc3F)C2=O)o1. The van der Waals surface area contributed by atoms with Gasteiger partial charge in [0.25, 0.3) is 0 Å². The second-order valence-corrected chi connectivity index (χ2v) is 5.38. The Balaban J connectivity index is 1.72. The number of aromatic nitrogens is 2. The van der Waals surface area contributed by atoms with Crippen LogP contribution in [-0.4, -0.2) is 40.6 Å². The Labute approximate surface area is 127 Å². The Kier molecular flexibility index (Phi) is 3.89. The Morgan fingerprint density at radius 2 is 2.18 bits per heavy atom. The molecule has 0 N–H and O–H groups in total. The predicted molar refractivity (Wildman–Crippen MR) is 77.7 cm³/mol. The topological polar surface area (TPSA) is 62.5 Å². The number of hydrogen-bond donors (Lipinski definition) is 0. The number of halogens is 1. The lowest BCUT2D eigenvalue weighted by Crippen LogP contribution is -2.39. The van der Waals surface area contributed by atoms with Crippen LogP contribution in [0.25, 0.3) is 0 Å². The molecule has 0 unspecified atom stereocenters. The van der Waals surface area contributed by atoms with Crippen LogP contribution in [0.15, 0.2) is 28.7 Å². The molecule has 116 valence electrons. The zero-order chi connectivity index (χ0) is 15.7. The van der Waals surface area contributed by atoms with Gasteiger partial charge in [0.1, 0.15) is 5.82 Å². The summed E-state index contributed by atoms with van der Waals surface area (Å²) in [6, 6.07) is 6.01. The first-order valence-electron chi connectivity index (χ1n) is 7.11. The van der Waals surface area contributed by atoms with E-state index >= 15 is 0 Å². The highest BCUT2D eigenvalue weighted by atomic mass is 19.1. The van der Waals surface area contributed by atoms with E-state index in [4.69, 9.17) is 4.42 Å². The molecule has 0 radical (unpaired) electrons. The number of carbonyl (C=O) groups excluding carboxylic acids is 1. The number of anilines is 1. The third-order valence-corrected chi connectivity index (χ3v) is 3.81. The van der Waals surface area contributed by atoms with Crippen LogP contribution in [0.5, 0.6) is 0 Å². The van der Waals surface area contributed by atoms with Crippen molar-refractivity contribution in [1.82, 2.24) is 15.1 Å². The number of aryl methyl sites for hydroxylation is 1.